The third kappa shape index (κ3) is 3.52. The highest BCUT2D eigenvalue weighted by molar-refractivity contribution is 9.10. The summed E-state index contributed by atoms with van der Waals surface area (Å²) in [6.07, 6.45) is 0.170. The van der Waals surface area contributed by atoms with Gasteiger partial charge in [0.25, 0.3) is 0 Å². The van der Waals surface area contributed by atoms with Gasteiger partial charge < -0.3 is 10.0 Å². The van der Waals surface area contributed by atoms with Gasteiger partial charge in [0.2, 0.25) is 0 Å². The van der Waals surface area contributed by atoms with E-state index in [2.05, 4.69) is 20.8 Å². The molecule has 0 spiro atoms. The molecule has 0 aliphatic rings. The van der Waals surface area contributed by atoms with Crippen molar-refractivity contribution >= 4 is 27.6 Å². The molecule has 88 valence electrons. The minimum Gasteiger partial charge on any atom is -0.481 e. The molecule has 0 saturated heterocycles. The smallest absolute Gasteiger partial charge is 0.305 e. The summed E-state index contributed by atoms with van der Waals surface area (Å²) in [7, 11) is 0. The normalized spacial score (nSPS) is 10.2. The molecule has 0 aliphatic heterocycles. The van der Waals surface area contributed by atoms with Crippen LogP contribution in [0.2, 0.25) is 0 Å². The van der Waals surface area contributed by atoms with Crippen molar-refractivity contribution in [1.82, 2.24) is 0 Å². The Morgan fingerprint density at radius 3 is 2.69 bits per heavy atom. The molecule has 1 aromatic carbocycles. The molecule has 1 N–H and O–H groups in total. The fourth-order valence-electron chi connectivity index (χ4n) is 1.65. The maximum Gasteiger partial charge on any atom is 0.305 e. The van der Waals surface area contributed by atoms with Crippen molar-refractivity contribution in [2.24, 2.45) is 0 Å². The fraction of sp³-hybridized carbons (Fsp3) is 0.417. The van der Waals surface area contributed by atoms with E-state index in [0.29, 0.717) is 6.54 Å². The number of hydrogen-bond donors (Lipinski definition) is 1. The second-order valence-corrected chi connectivity index (χ2v) is 4.57. The topological polar surface area (TPSA) is 40.5 Å². The number of rotatable bonds is 5. The van der Waals surface area contributed by atoms with Gasteiger partial charge in [0, 0.05) is 23.2 Å². The van der Waals surface area contributed by atoms with Crippen LogP contribution in [-0.2, 0) is 4.79 Å². The van der Waals surface area contributed by atoms with Gasteiger partial charge in [-0.3, -0.25) is 4.79 Å². The highest BCUT2D eigenvalue weighted by atomic mass is 79.9. The molecular formula is C12H16BrNO2. The lowest BCUT2D eigenvalue weighted by Crippen LogP contribution is -2.26. The second kappa shape index (κ2) is 5.89. The van der Waals surface area contributed by atoms with E-state index in [1.165, 1.54) is 0 Å². The first-order valence-electron chi connectivity index (χ1n) is 5.27. The number of nitrogens with zero attached hydrogens (tertiary/aromatic N) is 1. The zero-order chi connectivity index (χ0) is 12.1. The Labute approximate surface area is 104 Å². The summed E-state index contributed by atoms with van der Waals surface area (Å²) in [5, 5.41) is 8.68. The van der Waals surface area contributed by atoms with E-state index >= 15 is 0 Å². The average molecular weight is 286 g/mol. The number of carbonyl (C=O) groups is 1. The van der Waals surface area contributed by atoms with Crippen LogP contribution in [0.15, 0.2) is 22.7 Å². The summed E-state index contributed by atoms with van der Waals surface area (Å²) in [5.41, 5.74) is 2.26. The van der Waals surface area contributed by atoms with E-state index in [4.69, 9.17) is 5.11 Å². The van der Waals surface area contributed by atoms with Gasteiger partial charge in [0.15, 0.2) is 0 Å². The highest BCUT2D eigenvalue weighted by Crippen LogP contribution is 2.23. The Balaban J connectivity index is 2.82. The zero-order valence-electron chi connectivity index (χ0n) is 9.53. The molecular weight excluding hydrogens is 270 g/mol. The average Bonchev–Trinajstić information content (AvgIpc) is 2.21. The number of carboxylic acids is 1. The van der Waals surface area contributed by atoms with Crippen LogP contribution in [0.1, 0.15) is 18.9 Å². The lowest BCUT2D eigenvalue weighted by molar-refractivity contribution is -0.136. The van der Waals surface area contributed by atoms with Gasteiger partial charge in [-0.2, -0.15) is 0 Å². The monoisotopic (exact) mass is 285 g/mol. The Bertz CT molecular complexity index is 379. The largest absolute Gasteiger partial charge is 0.481 e. The van der Waals surface area contributed by atoms with Crippen LogP contribution >= 0.6 is 15.9 Å². The van der Waals surface area contributed by atoms with Crippen LogP contribution in [-0.4, -0.2) is 24.2 Å². The fourth-order valence-corrected chi connectivity index (χ4v) is 2.13. The summed E-state index contributed by atoms with van der Waals surface area (Å²) in [6, 6.07) is 6.04. The summed E-state index contributed by atoms with van der Waals surface area (Å²) in [4.78, 5) is 12.6. The molecule has 0 heterocycles. The van der Waals surface area contributed by atoms with Crippen LogP contribution < -0.4 is 4.90 Å². The first-order chi connectivity index (χ1) is 7.54. The van der Waals surface area contributed by atoms with Gasteiger partial charge in [-0.1, -0.05) is 15.9 Å². The number of hydrogen-bond acceptors (Lipinski definition) is 2. The molecule has 3 nitrogen and oxygen atoms in total. The van der Waals surface area contributed by atoms with Crippen molar-refractivity contribution in [3.05, 3.63) is 28.2 Å². The van der Waals surface area contributed by atoms with E-state index in [9.17, 15) is 4.79 Å². The quantitative estimate of drug-likeness (QED) is 0.904. The number of anilines is 1. The molecule has 0 saturated carbocycles. The Hall–Kier alpha value is -1.03. The molecule has 0 aromatic heterocycles. The number of benzene rings is 1. The summed E-state index contributed by atoms with van der Waals surface area (Å²) < 4.78 is 1.04. The lowest BCUT2D eigenvalue weighted by Gasteiger charge is -2.24. The maximum atomic E-state index is 10.6. The molecule has 16 heavy (non-hydrogen) atoms. The summed E-state index contributed by atoms with van der Waals surface area (Å²) in [5.74, 6) is -0.756. The Morgan fingerprint density at radius 1 is 1.50 bits per heavy atom. The van der Waals surface area contributed by atoms with Crippen LogP contribution in [0.25, 0.3) is 0 Å². The van der Waals surface area contributed by atoms with Crippen molar-refractivity contribution in [3.63, 3.8) is 0 Å². The molecule has 0 atom stereocenters. The van der Waals surface area contributed by atoms with Crippen molar-refractivity contribution < 1.29 is 9.90 Å². The molecule has 0 amide bonds. The van der Waals surface area contributed by atoms with Gasteiger partial charge >= 0.3 is 5.97 Å². The predicted octanol–water partition coefficient (Wildman–Crippen LogP) is 3.06. The first-order valence-corrected chi connectivity index (χ1v) is 6.06. The minimum absolute atomic E-state index is 0.170. The predicted molar refractivity (Wildman–Crippen MR) is 69.0 cm³/mol. The Morgan fingerprint density at radius 2 is 2.19 bits per heavy atom. The van der Waals surface area contributed by atoms with E-state index in [1.807, 2.05) is 32.0 Å². The molecule has 1 rings (SSSR count). The molecule has 0 bridgehead atoms. The van der Waals surface area contributed by atoms with E-state index in [1.54, 1.807) is 0 Å². The molecule has 0 unspecified atom stereocenters. The van der Waals surface area contributed by atoms with Crippen LogP contribution in [0.5, 0.6) is 0 Å². The third-order valence-electron chi connectivity index (χ3n) is 2.48. The standard InChI is InChI=1S/C12H16BrNO2/c1-3-14(7-6-12(15)16)11-5-4-10(13)8-9(11)2/h4-5,8H,3,6-7H2,1-2H3,(H,15,16). The van der Waals surface area contributed by atoms with Crippen LogP contribution in [0.4, 0.5) is 5.69 Å². The zero-order valence-corrected chi connectivity index (χ0v) is 11.1. The van der Waals surface area contributed by atoms with Crippen LogP contribution in [0.3, 0.4) is 0 Å². The first kappa shape index (κ1) is 13.0. The maximum absolute atomic E-state index is 10.6. The lowest BCUT2D eigenvalue weighted by atomic mass is 10.1. The van der Waals surface area contributed by atoms with Crippen molar-refractivity contribution in [2.75, 3.05) is 18.0 Å². The second-order valence-electron chi connectivity index (χ2n) is 3.65. The number of aryl methyl sites for hydroxylation is 1. The SMILES string of the molecule is CCN(CCC(=O)O)c1ccc(Br)cc1C. The van der Waals surface area contributed by atoms with Crippen molar-refractivity contribution in [2.45, 2.75) is 20.3 Å². The molecule has 4 heteroatoms. The molecule has 1 aromatic rings. The number of halogens is 1. The van der Waals surface area contributed by atoms with E-state index in [-0.39, 0.29) is 6.42 Å². The van der Waals surface area contributed by atoms with Crippen molar-refractivity contribution in [1.29, 1.82) is 0 Å². The Kier molecular flexibility index (Phi) is 4.80. The highest BCUT2D eigenvalue weighted by Gasteiger charge is 2.09. The minimum atomic E-state index is -0.756. The van der Waals surface area contributed by atoms with Crippen molar-refractivity contribution in [3.8, 4) is 0 Å². The van der Waals surface area contributed by atoms with Gasteiger partial charge in [0.05, 0.1) is 6.42 Å². The molecule has 0 aliphatic carbocycles. The number of carboxylic acid groups (broad SMARTS) is 1. The van der Waals surface area contributed by atoms with Gasteiger partial charge in [-0.25, -0.2) is 0 Å². The number of aliphatic carboxylic acids is 1. The molecule has 0 radical (unpaired) electrons. The van der Waals surface area contributed by atoms with Gasteiger partial charge in [-0.05, 0) is 37.6 Å². The molecule has 0 fully saturated rings. The van der Waals surface area contributed by atoms with E-state index in [0.717, 1.165) is 22.3 Å². The van der Waals surface area contributed by atoms with Gasteiger partial charge in [-0.15, -0.1) is 0 Å². The third-order valence-corrected chi connectivity index (χ3v) is 2.97. The van der Waals surface area contributed by atoms with E-state index < -0.39 is 5.97 Å². The van der Waals surface area contributed by atoms with Crippen LogP contribution in [0, 0.1) is 6.92 Å². The summed E-state index contributed by atoms with van der Waals surface area (Å²) in [6.45, 7) is 5.43. The van der Waals surface area contributed by atoms with Gasteiger partial charge in [0.1, 0.15) is 0 Å². The summed E-state index contributed by atoms with van der Waals surface area (Å²) >= 11 is 3.42.